The minimum Gasteiger partial charge on any atom is -0.370 e. The van der Waals surface area contributed by atoms with Crippen molar-refractivity contribution < 1.29 is 0 Å². The molecule has 0 aromatic carbocycles. The highest BCUT2D eigenvalue weighted by atomic mass is 127. The third kappa shape index (κ3) is 7.15. The van der Waals surface area contributed by atoms with Gasteiger partial charge in [0.15, 0.2) is 5.96 Å². The van der Waals surface area contributed by atoms with Crippen LogP contribution in [0.2, 0.25) is 0 Å². The van der Waals surface area contributed by atoms with Crippen molar-refractivity contribution in [1.29, 1.82) is 0 Å². The Morgan fingerprint density at radius 2 is 2.17 bits per heavy atom. The van der Waals surface area contributed by atoms with Crippen molar-refractivity contribution in [1.82, 2.24) is 10.3 Å². The van der Waals surface area contributed by atoms with Crippen molar-refractivity contribution in [3.8, 4) is 0 Å². The fraction of sp³-hybridized carbons (Fsp3) is 0.667. The van der Waals surface area contributed by atoms with E-state index in [1.165, 1.54) is 5.01 Å². The van der Waals surface area contributed by atoms with Crippen LogP contribution in [0.1, 0.15) is 38.4 Å². The molecule has 0 aliphatic rings. The van der Waals surface area contributed by atoms with Gasteiger partial charge in [-0.2, -0.15) is 0 Å². The molecule has 0 spiro atoms. The van der Waals surface area contributed by atoms with Crippen molar-refractivity contribution in [2.75, 3.05) is 6.54 Å². The first-order valence-corrected chi connectivity index (χ1v) is 6.80. The lowest BCUT2D eigenvalue weighted by atomic mass is 10.1. The molecular formula is C12H23IN4S. The quantitative estimate of drug-likeness (QED) is 0.478. The summed E-state index contributed by atoms with van der Waals surface area (Å²) in [4.78, 5) is 8.78. The standard InChI is InChI=1S/C12H22N4S.HI/c1-5-10-15-9(8-17-10)6-7-14-11(13)16-12(2,3)4;/h8H,5-7H2,1-4H3,(H3,13,14,16);1H. The summed E-state index contributed by atoms with van der Waals surface area (Å²) in [6.07, 6.45) is 1.85. The molecule has 0 amide bonds. The molecule has 3 N–H and O–H groups in total. The number of nitrogens with two attached hydrogens (primary N) is 1. The number of rotatable bonds is 4. The molecule has 18 heavy (non-hydrogen) atoms. The van der Waals surface area contributed by atoms with Gasteiger partial charge in [0.05, 0.1) is 10.7 Å². The highest BCUT2D eigenvalue weighted by Crippen LogP contribution is 2.10. The number of thiazole rings is 1. The van der Waals surface area contributed by atoms with Gasteiger partial charge >= 0.3 is 0 Å². The minimum atomic E-state index is -0.0381. The summed E-state index contributed by atoms with van der Waals surface area (Å²) in [6.45, 7) is 8.98. The molecule has 1 aromatic heterocycles. The van der Waals surface area contributed by atoms with E-state index in [-0.39, 0.29) is 29.5 Å². The normalized spacial score (nSPS) is 12.1. The second-order valence-electron chi connectivity index (χ2n) is 4.98. The monoisotopic (exact) mass is 382 g/mol. The van der Waals surface area contributed by atoms with Gasteiger partial charge in [0, 0.05) is 23.9 Å². The molecule has 0 aliphatic carbocycles. The molecule has 0 fully saturated rings. The summed E-state index contributed by atoms with van der Waals surface area (Å²) in [5, 5.41) is 6.42. The summed E-state index contributed by atoms with van der Waals surface area (Å²) in [5.41, 5.74) is 6.85. The number of nitrogens with one attached hydrogen (secondary N) is 1. The summed E-state index contributed by atoms with van der Waals surface area (Å²) in [5.74, 6) is 0.503. The minimum absolute atomic E-state index is 0. The smallest absolute Gasteiger partial charge is 0.188 e. The Hall–Kier alpha value is -0.370. The molecule has 1 rings (SSSR count). The average Bonchev–Trinajstić information content (AvgIpc) is 2.63. The Morgan fingerprint density at radius 1 is 1.50 bits per heavy atom. The first kappa shape index (κ1) is 17.6. The van der Waals surface area contributed by atoms with Gasteiger partial charge in [0.2, 0.25) is 0 Å². The summed E-state index contributed by atoms with van der Waals surface area (Å²) < 4.78 is 0. The van der Waals surface area contributed by atoms with Gasteiger partial charge in [-0.3, -0.25) is 4.99 Å². The van der Waals surface area contributed by atoms with Crippen molar-refractivity contribution in [3.63, 3.8) is 0 Å². The van der Waals surface area contributed by atoms with Gasteiger partial charge in [-0.05, 0) is 27.2 Å². The largest absolute Gasteiger partial charge is 0.370 e. The van der Waals surface area contributed by atoms with Crippen LogP contribution in [0.3, 0.4) is 0 Å². The Bertz CT molecular complexity index is 382. The van der Waals surface area contributed by atoms with E-state index in [0.29, 0.717) is 12.5 Å². The Kier molecular flexibility index (Phi) is 7.77. The number of nitrogens with zero attached hydrogens (tertiary/aromatic N) is 2. The van der Waals surface area contributed by atoms with E-state index in [1.807, 2.05) is 0 Å². The predicted molar refractivity (Wildman–Crippen MR) is 90.0 cm³/mol. The van der Waals surface area contributed by atoms with Crippen LogP contribution >= 0.6 is 35.3 Å². The van der Waals surface area contributed by atoms with Crippen molar-refractivity contribution in [2.24, 2.45) is 10.7 Å². The maximum atomic E-state index is 5.78. The first-order valence-electron chi connectivity index (χ1n) is 5.92. The Labute approximate surface area is 131 Å². The van der Waals surface area contributed by atoms with Gasteiger partial charge in [0.1, 0.15) is 0 Å². The van der Waals surface area contributed by atoms with Crippen molar-refractivity contribution >= 4 is 41.3 Å². The molecule has 0 saturated heterocycles. The lowest BCUT2D eigenvalue weighted by Gasteiger charge is -2.20. The fourth-order valence-electron chi connectivity index (χ4n) is 1.34. The third-order valence-electron chi connectivity index (χ3n) is 2.05. The van der Waals surface area contributed by atoms with Crippen LogP contribution in [-0.2, 0) is 12.8 Å². The van der Waals surface area contributed by atoms with Gasteiger partial charge in [0.25, 0.3) is 0 Å². The van der Waals surface area contributed by atoms with E-state index < -0.39 is 0 Å². The molecule has 0 unspecified atom stereocenters. The second-order valence-corrected chi connectivity index (χ2v) is 5.92. The number of guanidine groups is 1. The predicted octanol–water partition coefficient (Wildman–Crippen LogP) is 2.57. The maximum Gasteiger partial charge on any atom is 0.188 e. The molecule has 1 aromatic rings. The average molecular weight is 382 g/mol. The van der Waals surface area contributed by atoms with Crippen LogP contribution in [0, 0.1) is 0 Å². The zero-order valence-corrected chi connectivity index (χ0v) is 14.6. The lowest BCUT2D eigenvalue weighted by molar-refractivity contribution is 0.508. The fourth-order valence-corrected chi connectivity index (χ4v) is 2.12. The topological polar surface area (TPSA) is 63.3 Å². The Balaban J connectivity index is 0.00000289. The van der Waals surface area contributed by atoms with Crippen LogP contribution < -0.4 is 11.1 Å². The molecule has 0 saturated carbocycles. The molecule has 1 heterocycles. The number of hydrogen-bond acceptors (Lipinski definition) is 3. The van der Waals surface area contributed by atoms with Crippen LogP contribution in [-0.4, -0.2) is 23.0 Å². The molecule has 0 bridgehead atoms. The van der Waals surface area contributed by atoms with E-state index >= 15 is 0 Å². The van der Waals surface area contributed by atoms with Crippen molar-refractivity contribution in [3.05, 3.63) is 16.1 Å². The molecule has 0 aliphatic heterocycles. The lowest BCUT2D eigenvalue weighted by Crippen LogP contribution is -2.45. The van der Waals surface area contributed by atoms with E-state index in [1.54, 1.807) is 11.3 Å². The summed E-state index contributed by atoms with van der Waals surface area (Å²) in [6, 6.07) is 0. The number of aromatic nitrogens is 1. The molecular weight excluding hydrogens is 359 g/mol. The number of aryl methyl sites for hydroxylation is 1. The third-order valence-corrected chi connectivity index (χ3v) is 3.10. The number of halogens is 1. The van der Waals surface area contributed by atoms with Gasteiger partial charge < -0.3 is 11.1 Å². The van der Waals surface area contributed by atoms with Gasteiger partial charge in [-0.1, -0.05) is 6.92 Å². The molecule has 0 atom stereocenters. The van der Waals surface area contributed by atoms with Crippen LogP contribution in [0.25, 0.3) is 0 Å². The van der Waals surface area contributed by atoms with E-state index in [9.17, 15) is 0 Å². The Morgan fingerprint density at radius 3 is 2.67 bits per heavy atom. The number of aliphatic imine (C=N–C) groups is 1. The highest BCUT2D eigenvalue weighted by Gasteiger charge is 2.09. The molecule has 104 valence electrons. The zero-order chi connectivity index (χ0) is 12.9. The highest BCUT2D eigenvalue weighted by molar-refractivity contribution is 14.0. The van der Waals surface area contributed by atoms with Crippen LogP contribution in [0.5, 0.6) is 0 Å². The maximum absolute atomic E-state index is 5.78. The molecule has 0 radical (unpaired) electrons. The number of hydrogen-bond donors (Lipinski definition) is 2. The van der Waals surface area contributed by atoms with E-state index in [0.717, 1.165) is 18.5 Å². The molecule has 6 heteroatoms. The van der Waals surface area contributed by atoms with Crippen molar-refractivity contribution in [2.45, 2.75) is 46.1 Å². The van der Waals surface area contributed by atoms with Crippen LogP contribution in [0.4, 0.5) is 0 Å². The second kappa shape index (κ2) is 7.93. The SMILES string of the molecule is CCc1nc(CCN=C(N)NC(C)(C)C)cs1.I. The first-order chi connectivity index (χ1) is 7.90. The zero-order valence-electron chi connectivity index (χ0n) is 11.5. The van der Waals surface area contributed by atoms with Gasteiger partial charge in [-0.25, -0.2) is 4.98 Å². The van der Waals surface area contributed by atoms with Gasteiger partial charge in [-0.15, -0.1) is 35.3 Å². The van der Waals surface area contributed by atoms with E-state index in [4.69, 9.17) is 5.73 Å². The summed E-state index contributed by atoms with van der Waals surface area (Å²) >= 11 is 1.71. The van der Waals surface area contributed by atoms with Crippen LogP contribution in [0.15, 0.2) is 10.4 Å². The summed E-state index contributed by atoms with van der Waals surface area (Å²) in [7, 11) is 0. The molecule has 4 nitrogen and oxygen atoms in total. The van der Waals surface area contributed by atoms with E-state index in [2.05, 4.69) is 48.4 Å².